The predicted octanol–water partition coefficient (Wildman–Crippen LogP) is 2.03. The summed E-state index contributed by atoms with van der Waals surface area (Å²) in [7, 11) is -3.82. The van der Waals surface area contributed by atoms with E-state index in [1.807, 2.05) is 13.0 Å². The van der Waals surface area contributed by atoms with Crippen LogP contribution in [-0.4, -0.2) is 18.9 Å². The van der Waals surface area contributed by atoms with Gasteiger partial charge in [-0.1, -0.05) is 35.0 Å². The Balaban J connectivity index is 2.19. The summed E-state index contributed by atoms with van der Waals surface area (Å²) in [5, 5.41) is 5.18. The van der Waals surface area contributed by atoms with Crippen LogP contribution in [0.15, 0.2) is 52.4 Å². The van der Waals surface area contributed by atoms with Gasteiger partial charge >= 0.3 is 0 Å². The molecule has 26 heavy (non-hydrogen) atoms. The number of carbonyl (C=O) groups excluding carboxylic acids is 1. The van der Waals surface area contributed by atoms with Gasteiger partial charge in [0.05, 0.1) is 21.7 Å². The fraction of sp³-hybridized carbons (Fsp3) is 0.111. The van der Waals surface area contributed by atoms with E-state index < -0.39 is 15.9 Å². The van der Waals surface area contributed by atoms with Crippen molar-refractivity contribution in [3.05, 3.63) is 58.4 Å². The minimum absolute atomic E-state index is 0.00401. The van der Waals surface area contributed by atoms with E-state index in [0.29, 0.717) is 20.6 Å². The van der Waals surface area contributed by atoms with Gasteiger partial charge in [-0.25, -0.2) is 13.6 Å². The topological polar surface area (TPSA) is 94.5 Å². The number of sulfonamides is 1. The Morgan fingerprint density at radius 3 is 2.73 bits per heavy atom. The third-order valence-corrected chi connectivity index (χ3v) is 5.65. The summed E-state index contributed by atoms with van der Waals surface area (Å²) in [6, 6.07) is 11.6. The fourth-order valence-electron chi connectivity index (χ4n) is 2.49. The minimum atomic E-state index is -3.82. The fourth-order valence-corrected chi connectivity index (χ4v) is 4.17. The molecule has 0 bridgehead atoms. The standard InChI is InChI=1S/C18H15N3O3S2/c1-3-9-21-15-8-7-14(26(19,23)24)11-16(15)25-18(21)20-17(22)13-6-4-5-12(2)10-13/h1,4-8,10-11H,9H2,2H3,(H2,19,23,24). The van der Waals surface area contributed by atoms with Crippen LogP contribution in [0.4, 0.5) is 0 Å². The van der Waals surface area contributed by atoms with Gasteiger partial charge in [-0.2, -0.15) is 4.99 Å². The first-order chi connectivity index (χ1) is 12.3. The zero-order valence-corrected chi connectivity index (χ0v) is 15.5. The summed E-state index contributed by atoms with van der Waals surface area (Å²) in [4.78, 5) is 17.1. The zero-order chi connectivity index (χ0) is 18.9. The molecule has 3 rings (SSSR count). The second-order valence-corrected chi connectivity index (χ2v) is 8.21. The van der Waals surface area contributed by atoms with E-state index in [0.717, 1.165) is 5.56 Å². The Bertz CT molecular complexity index is 1230. The molecule has 0 spiro atoms. The first-order valence-electron chi connectivity index (χ1n) is 7.55. The number of aryl methyl sites for hydroxylation is 1. The minimum Gasteiger partial charge on any atom is -0.305 e. The quantitative estimate of drug-likeness (QED) is 0.699. The molecule has 0 aliphatic carbocycles. The Morgan fingerprint density at radius 2 is 2.08 bits per heavy atom. The van der Waals surface area contributed by atoms with Crippen molar-refractivity contribution >= 4 is 37.5 Å². The van der Waals surface area contributed by atoms with E-state index in [-0.39, 0.29) is 11.4 Å². The largest absolute Gasteiger partial charge is 0.305 e. The number of benzene rings is 2. The van der Waals surface area contributed by atoms with Gasteiger partial charge in [0.15, 0.2) is 4.80 Å². The van der Waals surface area contributed by atoms with E-state index in [4.69, 9.17) is 11.6 Å². The summed E-state index contributed by atoms with van der Waals surface area (Å²) >= 11 is 1.18. The maximum atomic E-state index is 12.5. The number of aromatic nitrogens is 1. The Hall–Kier alpha value is -2.73. The summed E-state index contributed by atoms with van der Waals surface area (Å²) in [6.07, 6.45) is 5.43. The molecule has 132 valence electrons. The Morgan fingerprint density at radius 1 is 1.31 bits per heavy atom. The highest BCUT2D eigenvalue weighted by atomic mass is 32.2. The third kappa shape index (κ3) is 3.60. The van der Waals surface area contributed by atoms with E-state index in [1.54, 1.807) is 28.8 Å². The van der Waals surface area contributed by atoms with Crippen molar-refractivity contribution in [1.29, 1.82) is 0 Å². The molecule has 2 aromatic carbocycles. The van der Waals surface area contributed by atoms with Crippen molar-refractivity contribution in [1.82, 2.24) is 4.57 Å². The molecule has 3 aromatic rings. The zero-order valence-electron chi connectivity index (χ0n) is 13.8. The van der Waals surface area contributed by atoms with Crippen LogP contribution >= 0.6 is 11.3 Å². The van der Waals surface area contributed by atoms with E-state index >= 15 is 0 Å². The lowest BCUT2D eigenvalue weighted by Gasteiger charge is -2.01. The van der Waals surface area contributed by atoms with E-state index in [2.05, 4.69) is 10.9 Å². The van der Waals surface area contributed by atoms with Gasteiger partial charge in [0, 0.05) is 5.56 Å². The van der Waals surface area contributed by atoms with Gasteiger partial charge in [0.25, 0.3) is 5.91 Å². The summed E-state index contributed by atoms with van der Waals surface area (Å²) < 4.78 is 25.4. The van der Waals surface area contributed by atoms with Crippen LogP contribution in [0, 0.1) is 19.3 Å². The molecular weight excluding hydrogens is 370 g/mol. The molecule has 0 fully saturated rings. The van der Waals surface area contributed by atoms with Crippen LogP contribution in [0.2, 0.25) is 0 Å². The van der Waals surface area contributed by atoms with Crippen LogP contribution in [0.3, 0.4) is 0 Å². The smallest absolute Gasteiger partial charge is 0.279 e. The van der Waals surface area contributed by atoms with Crippen molar-refractivity contribution in [2.24, 2.45) is 10.1 Å². The normalized spacial score (nSPS) is 12.3. The third-order valence-electron chi connectivity index (χ3n) is 3.69. The SMILES string of the molecule is C#CCn1c(=NC(=O)c2cccc(C)c2)sc2cc(S(N)(=O)=O)ccc21. The molecular formula is C18H15N3O3S2. The second-order valence-electron chi connectivity index (χ2n) is 5.64. The molecule has 0 saturated carbocycles. The van der Waals surface area contributed by atoms with Gasteiger partial charge in [0.1, 0.15) is 0 Å². The van der Waals surface area contributed by atoms with Gasteiger partial charge in [-0.3, -0.25) is 4.79 Å². The number of thiazole rings is 1. The number of terminal acetylenes is 1. The lowest BCUT2D eigenvalue weighted by molar-refractivity contribution is 0.0998. The lowest BCUT2D eigenvalue weighted by atomic mass is 10.1. The molecule has 0 saturated heterocycles. The monoisotopic (exact) mass is 385 g/mol. The molecule has 6 nitrogen and oxygen atoms in total. The summed E-state index contributed by atoms with van der Waals surface area (Å²) in [5.41, 5.74) is 2.12. The maximum absolute atomic E-state index is 12.5. The first kappa shape index (κ1) is 18.1. The number of fused-ring (bicyclic) bond motifs is 1. The number of nitrogens with zero attached hydrogens (tertiary/aromatic N) is 2. The highest BCUT2D eigenvalue weighted by molar-refractivity contribution is 7.89. The number of hydrogen-bond acceptors (Lipinski definition) is 4. The van der Waals surface area contributed by atoms with E-state index in [9.17, 15) is 13.2 Å². The predicted molar refractivity (Wildman–Crippen MR) is 101 cm³/mol. The van der Waals surface area contributed by atoms with Crippen molar-refractivity contribution in [3.8, 4) is 12.3 Å². The molecule has 0 aliphatic heterocycles. The van der Waals surface area contributed by atoms with Crippen molar-refractivity contribution in [3.63, 3.8) is 0 Å². The molecule has 1 aromatic heterocycles. The number of nitrogens with two attached hydrogens (primary N) is 1. The molecule has 1 heterocycles. The van der Waals surface area contributed by atoms with Gasteiger partial charge in [-0.15, -0.1) is 6.42 Å². The van der Waals surface area contributed by atoms with Crippen LogP contribution in [0.5, 0.6) is 0 Å². The molecule has 0 unspecified atom stereocenters. The highest BCUT2D eigenvalue weighted by Crippen LogP contribution is 2.21. The summed E-state index contributed by atoms with van der Waals surface area (Å²) in [5.74, 6) is 2.13. The number of hydrogen-bond donors (Lipinski definition) is 1. The van der Waals surface area contributed by atoms with E-state index in [1.165, 1.54) is 23.5 Å². The second kappa shape index (κ2) is 6.88. The maximum Gasteiger partial charge on any atom is 0.279 e. The summed E-state index contributed by atoms with van der Waals surface area (Å²) in [6.45, 7) is 2.10. The molecule has 8 heteroatoms. The molecule has 1 amide bonds. The average molecular weight is 385 g/mol. The Kier molecular flexibility index (Phi) is 4.78. The average Bonchev–Trinajstić information content (AvgIpc) is 2.91. The Labute approximate surface area is 154 Å². The van der Waals surface area contributed by atoms with Crippen LogP contribution in [-0.2, 0) is 16.6 Å². The number of carbonyl (C=O) groups is 1. The number of rotatable bonds is 3. The van der Waals surface area contributed by atoms with Crippen molar-refractivity contribution in [2.45, 2.75) is 18.4 Å². The molecule has 0 radical (unpaired) electrons. The number of amides is 1. The molecule has 0 atom stereocenters. The first-order valence-corrected chi connectivity index (χ1v) is 9.91. The highest BCUT2D eigenvalue weighted by Gasteiger charge is 2.13. The molecule has 0 aliphatic rings. The van der Waals surface area contributed by atoms with Crippen molar-refractivity contribution in [2.75, 3.05) is 0 Å². The van der Waals surface area contributed by atoms with Gasteiger partial charge in [0.2, 0.25) is 10.0 Å². The van der Waals surface area contributed by atoms with Gasteiger partial charge < -0.3 is 4.57 Å². The molecule has 2 N–H and O–H groups in total. The van der Waals surface area contributed by atoms with Crippen molar-refractivity contribution < 1.29 is 13.2 Å². The number of primary sulfonamides is 1. The lowest BCUT2D eigenvalue weighted by Crippen LogP contribution is -2.16. The van der Waals surface area contributed by atoms with Gasteiger partial charge in [-0.05, 0) is 37.3 Å². The van der Waals surface area contributed by atoms with Crippen LogP contribution < -0.4 is 9.94 Å². The van der Waals surface area contributed by atoms with Crippen LogP contribution in [0.1, 0.15) is 15.9 Å². The van der Waals surface area contributed by atoms with Crippen LogP contribution in [0.25, 0.3) is 10.2 Å².